The Morgan fingerprint density at radius 1 is 1.00 bits per heavy atom. The van der Waals surface area contributed by atoms with Crippen LogP contribution in [0.1, 0.15) is 0 Å². The maximum Gasteiger partial charge on any atom is 0 e. The summed E-state index contributed by atoms with van der Waals surface area (Å²) >= 11 is 0. The van der Waals surface area contributed by atoms with Crippen molar-refractivity contribution in [1.82, 2.24) is 0 Å². The van der Waals surface area contributed by atoms with Crippen LogP contribution in [-0.4, -0.2) is 0 Å². The van der Waals surface area contributed by atoms with Crippen LogP contribution >= 0.6 is 0 Å². The van der Waals surface area contributed by atoms with Gasteiger partial charge in [-0.1, -0.05) is 0 Å². The van der Waals surface area contributed by atoms with E-state index in [-0.39, 0.29) is 90.5 Å². The minimum atomic E-state index is 0. The van der Waals surface area contributed by atoms with Crippen molar-refractivity contribution in [3.8, 4) is 0 Å². The van der Waals surface area contributed by atoms with E-state index in [1.807, 2.05) is 0 Å². The van der Waals surface area contributed by atoms with Crippen LogP contribution in [0.2, 0.25) is 0 Å². The molecule has 5 heteroatoms. The van der Waals surface area contributed by atoms with E-state index in [0.29, 0.717) is 0 Å². The first kappa shape index (κ1) is 45.8. The van der Waals surface area contributed by atoms with E-state index in [1.165, 1.54) is 0 Å². The number of hydrogen-bond acceptors (Lipinski definition) is 0. The van der Waals surface area contributed by atoms with Crippen molar-refractivity contribution in [2.45, 2.75) is 0 Å². The van der Waals surface area contributed by atoms with Gasteiger partial charge in [-0.2, -0.15) is 0 Å². The first-order valence-corrected chi connectivity index (χ1v) is 0. The summed E-state index contributed by atoms with van der Waals surface area (Å²) in [6.07, 6.45) is 0. The van der Waals surface area contributed by atoms with Gasteiger partial charge in [-0.15, -0.1) is 0 Å². The predicted octanol–water partition coefficient (Wildman–Crippen LogP) is -0.0125. The van der Waals surface area contributed by atoms with Crippen molar-refractivity contribution in [3.05, 3.63) is 0 Å². The molecule has 0 saturated carbocycles. The summed E-state index contributed by atoms with van der Waals surface area (Å²) in [6.45, 7) is 0. The van der Waals surface area contributed by atoms with Crippen LogP contribution in [0.3, 0.4) is 0 Å². The van der Waals surface area contributed by atoms with E-state index < -0.39 is 0 Å². The van der Waals surface area contributed by atoms with Crippen LogP contribution in [0.4, 0.5) is 0 Å². The average Bonchev–Trinajstić information content (AvgIpc) is 0. The molecule has 0 spiro atoms. The van der Waals surface area contributed by atoms with Crippen molar-refractivity contribution in [2.24, 2.45) is 0 Å². The molecule has 0 bridgehead atoms. The van der Waals surface area contributed by atoms with Gasteiger partial charge in [0, 0.05) is 90.5 Å². The monoisotopic (exact) mass is 322 g/mol. The molecule has 0 heterocycles. The molecule has 0 atom stereocenters. The minimum absolute atomic E-state index is 0. The first-order valence-electron chi connectivity index (χ1n) is 0. The molecule has 0 aromatic carbocycles. The fourth-order valence-corrected chi connectivity index (χ4v) is 0. The third kappa shape index (κ3) is 19.9. The topological polar surface area (TPSA) is 0 Å². The molecule has 0 nitrogen and oxygen atoms in total. The van der Waals surface area contributed by atoms with Gasteiger partial charge in [0.15, 0.2) is 0 Å². The van der Waals surface area contributed by atoms with Crippen molar-refractivity contribution in [1.29, 1.82) is 0 Å². The van der Waals surface area contributed by atoms with Crippen LogP contribution in [0.15, 0.2) is 0 Å². The molecule has 0 fully saturated rings. The van der Waals surface area contributed by atoms with Gasteiger partial charge in [0.25, 0.3) is 0 Å². The van der Waals surface area contributed by atoms with Crippen molar-refractivity contribution in [2.75, 3.05) is 0 Å². The van der Waals surface area contributed by atoms with Gasteiger partial charge in [-0.25, -0.2) is 0 Å². The number of hydrogen-bond donors (Lipinski definition) is 0. The molecular weight excluding hydrogens is 321 g/mol. The molecular formula is CrCuMoNiV. The average molecular weight is 321 g/mol. The second-order valence-corrected chi connectivity index (χ2v) is 0. The van der Waals surface area contributed by atoms with Gasteiger partial charge >= 0.3 is 0 Å². The van der Waals surface area contributed by atoms with Crippen LogP contribution in [0.25, 0.3) is 0 Å². The molecule has 0 saturated heterocycles. The maximum atomic E-state index is 0. The second-order valence-electron chi connectivity index (χ2n) is 0. The van der Waals surface area contributed by atoms with Gasteiger partial charge in [-0.3, -0.25) is 0 Å². The molecule has 0 aliphatic rings. The van der Waals surface area contributed by atoms with Crippen molar-refractivity contribution in [3.63, 3.8) is 0 Å². The Kier molecular flexibility index (Phi) is 266. The molecule has 38 valence electrons. The Morgan fingerprint density at radius 3 is 1.00 bits per heavy atom. The zero-order valence-electron chi connectivity index (χ0n) is 1.88. The van der Waals surface area contributed by atoms with Crippen molar-refractivity contribution < 1.29 is 90.5 Å². The molecule has 0 unspecified atom stereocenters. The Labute approximate surface area is 89.3 Å². The molecule has 0 aromatic rings. The Hall–Kier alpha value is 2.82. The summed E-state index contributed by atoms with van der Waals surface area (Å²) < 4.78 is 0. The minimum Gasteiger partial charge on any atom is 0 e. The van der Waals surface area contributed by atoms with Gasteiger partial charge < -0.3 is 0 Å². The summed E-state index contributed by atoms with van der Waals surface area (Å²) in [5, 5.41) is 0. The van der Waals surface area contributed by atoms with E-state index in [9.17, 15) is 0 Å². The molecule has 0 aliphatic carbocycles. The first-order chi connectivity index (χ1) is 0. The molecule has 0 amide bonds. The summed E-state index contributed by atoms with van der Waals surface area (Å²) in [4.78, 5) is 0. The fraction of sp³-hybridized carbons (Fsp3) is 0. The molecule has 5 heavy (non-hydrogen) atoms. The van der Waals surface area contributed by atoms with E-state index in [2.05, 4.69) is 0 Å². The van der Waals surface area contributed by atoms with E-state index >= 15 is 0 Å². The van der Waals surface area contributed by atoms with E-state index in [4.69, 9.17) is 0 Å². The molecule has 2 radical (unpaired) electrons. The van der Waals surface area contributed by atoms with Gasteiger partial charge in [0.1, 0.15) is 0 Å². The maximum absolute atomic E-state index is 0. The predicted molar refractivity (Wildman–Crippen MR) is 0 cm³/mol. The van der Waals surface area contributed by atoms with Crippen LogP contribution in [-0.2, 0) is 90.5 Å². The van der Waals surface area contributed by atoms with Gasteiger partial charge in [0.2, 0.25) is 0 Å². The molecule has 0 rings (SSSR count). The third-order valence-corrected chi connectivity index (χ3v) is 0. The summed E-state index contributed by atoms with van der Waals surface area (Å²) in [5.74, 6) is 0. The second kappa shape index (κ2) is 29.1. The summed E-state index contributed by atoms with van der Waals surface area (Å²) in [5.41, 5.74) is 0. The van der Waals surface area contributed by atoms with Gasteiger partial charge in [-0.05, 0) is 0 Å². The summed E-state index contributed by atoms with van der Waals surface area (Å²) in [6, 6.07) is 0. The van der Waals surface area contributed by atoms with Crippen molar-refractivity contribution >= 4 is 0 Å². The summed E-state index contributed by atoms with van der Waals surface area (Å²) in [7, 11) is 0. The smallest absolute Gasteiger partial charge is 0 e. The molecule has 0 N–H and O–H groups in total. The largest absolute Gasteiger partial charge is 0 e. The van der Waals surface area contributed by atoms with Crippen LogP contribution < -0.4 is 0 Å². The standard InChI is InChI=1S/Cr.Cu.Mo.Ni.V. The Bertz CT molecular complexity index is 11.6. The molecule has 0 aliphatic heterocycles. The quantitative estimate of drug-likeness (QED) is 0.551. The van der Waals surface area contributed by atoms with Gasteiger partial charge in [0.05, 0.1) is 0 Å². The Balaban J connectivity index is 0. The van der Waals surface area contributed by atoms with E-state index in [1.54, 1.807) is 0 Å². The van der Waals surface area contributed by atoms with Crippen LogP contribution in [0.5, 0.6) is 0 Å². The Morgan fingerprint density at radius 2 is 1.00 bits per heavy atom. The fourth-order valence-electron chi connectivity index (χ4n) is 0. The van der Waals surface area contributed by atoms with E-state index in [0.717, 1.165) is 0 Å². The SMILES string of the molecule is [Cr].[Cu].[Mo].[Ni].[V]. The zero-order valence-corrected chi connectivity index (χ0v) is 8.49. The molecule has 0 aromatic heterocycles. The normalized spacial score (nSPS) is 0. The number of rotatable bonds is 0. The zero-order chi connectivity index (χ0) is 0. The third-order valence-electron chi connectivity index (χ3n) is 0. The van der Waals surface area contributed by atoms with Crippen LogP contribution in [0, 0.1) is 0 Å².